The summed E-state index contributed by atoms with van der Waals surface area (Å²) in [5.74, 6) is 1.60. The first-order valence-electron chi connectivity index (χ1n) is 5.08. The highest BCUT2D eigenvalue weighted by Crippen LogP contribution is 2.11. The van der Waals surface area contributed by atoms with E-state index in [-0.39, 0.29) is 6.61 Å². The quantitative estimate of drug-likeness (QED) is 0.616. The van der Waals surface area contributed by atoms with E-state index in [1.165, 1.54) is 0 Å². The molecule has 84 valence electrons. The third-order valence-corrected chi connectivity index (χ3v) is 2.35. The summed E-state index contributed by atoms with van der Waals surface area (Å²) in [6, 6.07) is 1.86. The molecule has 4 nitrogen and oxygen atoms in total. The van der Waals surface area contributed by atoms with Gasteiger partial charge < -0.3 is 10.4 Å². The van der Waals surface area contributed by atoms with Crippen molar-refractivity contribution >= 4 is 21.7 Å². The monoisotopic (exact) mass is 273 g/mol. The Balaban J connectivity index is 2.31. The molecule has 0 radical (unpaired) electrons. The van der Waals surface area contributed by atoms with Crippen LogP contribution in [0.5, 0.6) is 0 Å². The number of hydrogen-bond acceptors (Lipinski definition) is 4. The van der Waals surface area contributed by atoms with E-state index in [1.54, 1.807) is 0 Å². The highest BCUT2D eigenvalue weighted by atomic mass is 79.9. The van der Waals surface area contributed by atoms with Gasteiger partial charge in [-0.2, -0.15) is 0 Å². The fourth-order valence-electron chi connectivity index (χ4n) is 1.25. The summed E-state index contributed by atoms with van der Waals surface area (Å²) in [6.07, 6.45) is 2.95. The van der Waals surface area contributed by atoms with E-state index in [1.807, 2.05) is 13.0 Å². The Kier molecular flexibility index (Phi) is 5.57. The van der Waals surface area contributed by atoms with Crippen molar-refractivity contribution in [3.05, 3.63) is 16.5 Å². The second-order valence-corrected chi connectivity index (χ2v) is 4.15. The van der Waals surface area contributed by atoms with Gasteiger partial charge in [-0.05, 0) is 42.1 Å². The number of aliphatic hydroxyl groups excluding tert-OH is 1. The molecule has 0 atom stereocenters. The molecule has 5 heteroatoms. The average Bonchev–Trinajstić information content (AvgIpc) is 2.16. The van der Waals surface area contributed by atoms with Crippen molar-refractivity contribution in [3.63, 3.8) is 0 Å². The molecule has 0 saturated carbocycles. The van der Waals surface area contributed by atoms with Gasteiger partial charge in [-0.3, -0.25) is 0 Å². The Morgan fingerprint density at radius 3 is 2.80 bits per heavy atom. The van der Waals surface area contributed by atoms with E-state index in [4.69, 9.17) is 5.11 Å². The lowest BCUT2D eigenvalue weighted by Crippen LogP contribution is -2.05. The molecule has 2 N–H and O–H groups in total. The minimum atomic E-state index is 0.276. The van der Waals surface area contributed by atoms with E-state index in [9.17, 15) is 0 Å². The molecule has 1 heterocycles. The number of nitrogens with zero attached hydrogens (tertiary/aromatic N) is 2. The number of rotatable bonds is 6. The maximum Gasteiger partial charge on any atom is 0.130 e. The summed E-state index contributed by atoms with van der Waals surface area (Å²) < 4.78 is 0.799. The van der Waals surface area contributed by atoms with Crippen LogP contribution in [0.4, 0.5) is 5.82 Å². The summed E-state index contributed by atoms with van der Waals surface area (Å²) in [4.78, 5) is 8.37. The van der Waals surface area contributed by atoms with E-state index in [0.29, 0.717) is 0 Å². The number of aryl methyl sites for hydroxylation is 1. The van der Waals surface area contributed by atoms with Gasteiger partial charge in [-0.15, -0.1) is 0 Å². The van der Waals surface area contributed by atoms with Crippen LogP contribution in [-0.2, 0) is 0 Å². The SMILES string of the molecule is Cc1nc(Br)cc(NCCCCCO)n1. The predicted octanol–water partition coefficient (Wildman–Crippen LogP) is 2.12. The van der Waals surface area contributed by atoms with Crippen molar-refractivity contribution in [1.29, 1.82) is 0 Å². The molecule has 15 heavy (non-hydrogen) atoms. The average molecular weight is 274 g/mol. The summed E-state index contributed by atoms with van der Waals surface area (Å²) in [5.41, 5.74) is 0. The van der Waals surface area contributed by atoms with Crippen LogP contribution in [0.1, 0.15) is 25.1 Å². The number of aromatic nitrogens is 2. The molecule has 0 aliphatic heterocycles. The first kappa shape index (κ1) is 12.4. The molecule has 1 aromatic heterocycles. The fraction of sp³-hybridized carbons (Fsp3) is 0.600. The molecule has 0 bridgehead atoms. The summed E-state index contributed by atoms with van der Waals surface area (Å²) in [5, 5.41) is 11.8. The lowest BCUT2D eigenvalue weighted by molar-refractivity contribution is 0.283. The topological polar surface area (TPSA) is 58.0 Å². The first-order valence-corrected chi connectivity index (χ1v) is 5.87. The normalized spacial score (nSPS) is 10.3. The lowest BCUT2D eigenvalue weighted by atomic mass is 10.2. The van der Waals surface area contributed by atoms with E-state index >= 15 is 0 Å². The van der Waals surface area contributed by atoms with Gasteiger partial charge in [0.1, 0.15) is 16.2 Å². The van der Waals surface area contributed by atoms with Gasteiger partial charge >= 0.3 is 0 Å². The minimum absolute atomic E-state index is 0.276. The Morgan fingerprint density at radius 2 is 2.13 bits per heavy atom. The van der Waals surface area contributed by atoms with Crippen LogP contribution in [-0.4, -0.2) is 28.2 Å². The molecule has 1 rings (SSSR count). The zero-order valence-corrected chi connectivity index (χ0v) is 10.4. The zero-order chi connectivity index (χ0) is 11.1. The summed E-state index contributed by atoms with van der Waals surface area (Å²) in [6.45, 7) is 3.02. The van der Waals surface area contributed by atoms with Gasteiger partial charge in [-0.25, -0.2) is 9.97 Å². The Hall–Kier alpha value is -0.680. The van der Waals surface area contributed by atoms with Gasteiger partial charge in [0.05, 0.1) is 0 Å². The summed E-state index contributed by atoms with van der Waals surface area (Å²) >= 11 is 3.32. The Morgan fingerprint density at radius 1 is 1.33 bits per heavy atom. The van der Waals surface area contributed by atoms with Gasteiger partial charge in [-0.1, -0.05) is 0 Å². The zero-order valence-electron chi connectivity index (χ0n) is 8.83. The van der Waals surface area contributed by atoms with Gasteiger partial charge in [0.25, 0.3) is 0 Å². The number of unbranched alkanes of at least 4 members (excludes halogenated alkanes) is 2. The molecular formula is C10H16BrN3O. The second kappa shape index (κ2) is 6.74. The third kappa shape index (κ3) is 5.09. The lowest BCUT2D eigenvalue weighted by Gasteiger charge is -2.05. The molecule has 0 aromatic carbocycles. The van der Waals surface area contributed by atoms with Crippen LogP contribution in [0.15, 0.2) is 10.7 Å². The number of anilines is 1. The molecule has 0 aliphatic carbocycles. The Labute approximate surface area is 98.3 Å². The smallest absolute Gasteiger partial charge is 0.130 e. The molecule has 0 spiro atoms. The number of halogens is 1. The highest BCUT2D eigenvalue weighted by molar-refractivity contribution is 9.10. The minimum Gasteiger partial charge on any atom is -0.396 e. The third-order valence-electron chi connectivity index (χ3n) is 1.95. The number of aliphatic hydroxyl groups is 1. The molecule has 0 unspecified atom stereocenters. The first-order chi connectivity index (χ1) is 7.22. The van der Waals surface area contributed by atoms with Crippen LogP contribution >= 0.6 is 15.9 Å². The van der Waals surface area contributed by atoms with Crippen molar-refractivity contribution in [1.82, 2.24) is 9.97 Å². The van der Waals surface area contributed by atoms with Crippen LogP contribution < -0.4 is 5.32 Å². The van der Waals surface area contributed by atoms with Gasteiger partial charge in [0.2, 0.25) is 0 Å². The van der Waals surface area contributed by atoms with Gasteiger partial charge in [0.15, 0.2) is 0 Å². The molecule has 0 aliphatic rings. The largest absolute Gasteiger partial charge is 0.396 e. The number of hydrogen-bond donors (Lipinski definition) is 2. The van der Waals surface area contributed by atoms with Gasteiger partial charge in [0, 0.05) is 19.2 Å². The van der Waals surface area contributed by atoms with Crippen molar-refractivity contribution in [2.24, 2.45) is 0 Å². The highest BCUT2D eigenvalue weighted by Gasteiger charge is 1.98. The molecule has 1 aromatic rings. The van der Waals surface area contributed by atoms with Crippen LogP contribution in [0.2, 0.25) is 0 Å². The van der Waals surface area contributed by atoms with Crippen LogP contribution in [0.25, 0.3) is 0 Å². The van der Waals surface area contributed by atoms with Crippen molar-refractivity contribution in [3.8, 4) is 0 Å². The maximum absolute atomic E-state index is 8.61. The molecule has 0 fully saturated rings. The van der Waals surface area contributed by atoms with Crippen molar-refractivity contribution in [2.45, 2.75) is 26.2 Å². The van der Waals surface area contributed by atoms with Crippen LogP contribution in [0.3, 0.4) is 0 Å². The van der Waals surface area contributed by atoms with E-state index < -0.39 is 0 Å². The molecule has 0 saturated heterocycles. The van der Waals surface area contributed by atoms with Crippen molar-refractivity contribution in [2.75, 3.05) is 18.5 Å². The van der Waals surface area contributed by atoms with Crippen molar-refractivity contribution < 1.29 is 5.11 Å². The maximum atomic E-state index is 8.61. The fourth-order valence-corrected chi connectivity index (χ4v) is 1.73. The molecular weight excluding hydrogens is 258 g/mol. The second-order valence-electron chi connectivity index (χ2n) is 3.33. The standard InChI is InChI=1S/C10H16BrN3O/c1-8-13-9(11)7-10(14-8)12-5-3-2-4-6-15/h7,15H,2-6H2,1H3,(H,12,13,14). The Bertz CT molecular complexity index is 286. The number of nitrogens with one attached hydrogen (secondary N) is 1. The van der Waals surface area contributed by atoms with Crippen LogP contribution in [0, 0.1) is 6.92 Å². The van der Waals surface area contributed by atoms with E-state index in [2.05, 4.69) is 31.2 Å². The predicted molar refractivity (Wildman–Crippen MR) is 63.9 cm³/mol. The van der Waals surface area contributed by atoms with E-state index in [0.717, 1.165) is 42.1 Å². The summed E-state index contributed by atoms with van der Waals surface area (Å²) in [7, 11) is 0. The molecule has 0 amide bonds.